The number of hydrogen-bond donors (Lipinski definition) is 2. The summed E-state index contributed by atoms with van der Waals surface area (Å²) in [6.07, 6.45) is 4.59. The number of hydrogen-bond acceptors (Lipinski definition) is 4. The topological polar surface area (TPSA) is 70.7 Å². The zero-order chi connectivity index (χ0) is 16.2. The van der Waals surface area contributed by atoms with E-state index < -0.39 is 0 Å². The van der Waals surface area contributed by atoms with Crippen molar-refractivity contribution in [3.05, 3.63) is 29.3 Å². The summed E-state index contributed by atoms with van der Waals surface area (Å²) in [7, 11) is 0. The molecule has 2 N–H and O–H groups in total. The van der Waals surface area contributed by atoms with Crippen LogP contribution in [0.5, 0.6) is 0 Å². The molecule has 1 saturated carbocycles. The fraction of sp³-hybridized carbons (Fsp3) is 0.438. The van der Waals surface area contributed by atoms with Crippen LogP contribution in [0, 0.1) is 0 Å². The number of amides is 1. The number of carbonyl (C=O) groups excluding carboxylic acids is 1. The van der Waals surface area contributed by atoms with Crippen LogP contribution in [0.25, 0.3) is 11.4 Å². The lowest BCUT2D eigenvalue weighted by Crippen LogP contribution is -2.37. The third kappa shape index (κ3) is 4.26. The second-order valence-corrected chi connectivity index (χ2v) is 7.47. The SMILES string of the molecule is C[C@@H](Sc1n[nH]c(-c2ccc(Cl)cc2)n1)C(=O)NC1CCCC1. The molecule has 0 aliphatic heterocycles. The lowest BCUT2D eigenvalue weighted by molar-refractivity contribution is -0.120. The maximum atomic E-state index is 12.2. The molecule has 0 bridgehead atoms. The van der Waals surface area contributed by atoms with Crippen LogP contribution >= 0.6 is 23.4 Å². The van der Waals surface area contributed by atoms with Gasteiger partial charge >= 0.3 is 0 Å². The number of halogens is 1. The number of carbonyl (C=O) groups is 1. The van der Waals surface area contributed by atoms with E-state index in [0.29, 0.717) is 22.0 Å². The van der Waals surface area contributed by atoms with E-state index in [1.54, 1.807) is 0 Å². The average Bonchev–Trinajstić information content (AvgIpc) is 3.20. The third-order valence-corrected chi connectivity index (χ3v) is 5.15. The Morgan fingerprint density at radius 1 is 1.35 bits per heavy atom. The van der Waals surface area contributed by atoms with E-state index in [-0.39, 0.29) is 11.2 Å². The summed E-state index contributed by atoms with van der Waals surface area (Å²) >= 11 is 7.25. The minimum atomic E-state index is -0.218. The Labute approximate surface area is 144 Å². The van der Waals surface area contributed by atoms with E-state index in [4.69, 9.17) is 11.6 Å². The van der Waals surface area contributed by atoms with Gasteiger partial charge in [-0.25, -0.2) is 4.98 Å². The summed E-state index contributed by atoms with van der Waals surface area (Å²) < 4.78 is 0. The maximum absolute atomic E-state index is 12.2. The number of rotatable bonds is 5. The Hall–Kier alpha value is -1.53. The molecule has 122 valence electrons. The van der Waals surface area contributed by atoms with Gasteiger partial charge in [-0.1, -0.05) is 36.2 Å². The highest BCUT2D eigenvalue weighted by atomic mass is 35.5. The highest BCUT2D eigenvalue weighted by Crippen LogP contribution is 2.24. The van der Waals surface area contributed by atoms with Crippen LogP contribution in [0.15, 0.2) is 29.4 Å². The molecule has 2 aromatic rings. The molecule has 3 rings (SSSR count). The Morgan fingerprint density at radius 2 is 2.04 bits per heavy atom. The zero-order valence-electron chi connectivity index (χ0n) is 12.9. The average molecular weight is 351 g/mol. The number of aromatic nitrogens is 3. The second-order valence-electron chi connectivity index (χ2n) is 5.72. The van der Waals surface area contributed by atoms with Gasteiger partial charge in [0.1, 0.15) is 0 Å². The molecule has 1 aromatic heterocycles. The quantitative estimate of drug-likeness (QED) is 0.807. The van der Waals surface area contributed by atoms with Gasteiger partial charge in [0.05, 0.1) is 5.25 Å². The Morgan fingerprint density at radius 3 is 2.74 bits per heavy atom. The van der Waals surface area contributed by atoms with Crippen molar-refractivity contribution in [2.24, 2.45) is 0 Å². The maximum Gasteiger partial charge on any atom is 0.233 e. The third-order valence-electron chi connectivity index (χ3n) is 3.94. The first-order chi connectivity index (χ1) is 11.1. The predicted molar refractivity (Wildman–Crippen MR) is 92.5 cm³/mol. The van der Waals surface area contributed by atoms with Crippen molar-refractivity contribution in [3.8, 4) is 11.4 Å². The smallest absolute Gasteiger partial charge is 0.233 e. The minimum Gasteiger partial charge on any atom is -0.352 e. The van der Waals surface area contributed by atoms with Gasteiger partial charge in [0, 0.05) is 16.6 Å². The van der Waals surface area contributed by atoms with Gasteiger partial charge in [0.25, 0.3) is 0 Å². The van der Waals surface area contributed by atoms with Crippen molar-refractivity contribution < 1.29 is 4.79 Å². The highest BCUT2D eigenvalue weighted by Gasteiger charge is 2.22. The van der Waals surface area contributed by atoms with E-state index in [1.807, 2.05) is 31.2 Å². The van der Waals surface area contributed by atoms with Crippen LogP contribution in [0.3, 0.4) is 0 Å². The highest BCUT2D eigenvalue weighted by molar-refractivity contribution is 8.00. The Balaban J connectivity index is 1.59. The van der Waals surface area contributed by atoms with Crippen molar-refractivity contribution in [2.75, 3.05) is 0 Å². The number of aromatic amines is 1. The summed E-state index contributed by atoms with van der Waals surface area (Å²) in [6, 6.07) is 7.72. The first-order valence-electron chi connectivity index (χ1n) is 7.77. The summed E-state index contributed by atoms with van der Waals surface area (Å²) in [5, 5.41) is 11.2. The van der Waals surface area contributed by atoms with E-state index >= 15 is 0 Å². The minimum absolute atomic E-state index is 0.0553. The molecule has 1 amide bonds. The van der Waals surface area contributed by atoms with Gasteiger partial charge in [-0.3, -0.25) is 9.89 Å². The molecule has 1 aliphatic rings. The molecular formula is C16H19ClN4OS. The molecule has 0 spiro atoms. The lowest BCUT2D eigenvalue weighted by Gasteiger charge is -2.15. The Kier molecular flexibility index (Phi) is 5.23. The molecule has 23 heavy (non-hydrogen) atoms. The van der Waals surface area contributed by atoms with E-state index in [2.05, 4.69) is 20.5 Å². The number of nitrogens with zero attached hydrogens (tertiary/aromatic N) is 2. The summed E-state index contributed by atoms with van der Waals surface area (Å²) in [5.74, 6) is 0.729. The largest absolute Gasteiger partial charge is 0.352 e. The number of benzene rings is 1. The van der Waals surface area contributed by atoms with Crippen LogP contribution in [-0.2, 0) is 4.79 Å². The van der Waals surface area contributed by atoms with Gasteiger partial charge in [-0.05, 0) is 44.0 Å². The fourth-order valence-corrected chi connectivity index (χ4v) is 3.50. The summed E-state index contributed by atoms with van der Waals surface area (Å²) in [6.45, 7) is 1.88. The van der Waals surface area contributed by atoms with Crippen LogP contribution in [0.2, 0.25) is 5.02 Å². The van der Waals surface area contributed by atoms with Gasteiger partial charge in [-0.15, -0.1) is 5.10 Å². The van der Waals surface area contributed by atoms with Crippen LogP contribution in [-0.4, -0.2) is 32.4 Å². The van der Waals surface area contributed by atoms with Gasteiger partial charge in [0.15, 0.2) is 5.82 Å². The van der Waals surface area contributed by atoms with Crippen molar-refractivity contribution >= 4 is 29.3 Å². The van der Waals surface area contributed by atoms with Crippen molar-refractivity contribution in [1.29, 1.82) is 0 Å². The van der Waals surface area contributed by atoms with Crippen LogP contribution < -0.4 is 5.32 Å². The van der Waals surface area contributed by atoms with Crippen molar-refractivity contribution in [2.45, 2.75) is 49.1 Å². The van der Waals surface area contributed by atoms with Gasteiger partial charge in [-0.2, -0.15) is 0 Å². The summed E-state index contributed by atoms with van der Waals surface area (Å²) in [5.41, 5.74) is 0.914. The molecule has 1 heterocycles. The molecule has 0 unspecified atom stereocenters. The molecule has 7 heteroatoms. The first kappa shape index (κ1) is 16.3. The number of nitrogens with one attached hydrogen (secondary N) is 2. The zero-order valence-corrected chi connectivity index (χ0v) is 14.5. The first-order valence-corrected chi connectivity index (χ1v) is 9.03. The second kappa shape index (κ2) is 7.36. The molecule has 1 aromatic carbocycles. The fourth-order valence-electron chi connectivity index (χ4n) is 2.64. The van der Waals surface area contributed by atoms with Gasteiger partial charge in [0.2, 0.25) is 11.1 Å². The van der Waals surface area contributed by atoms with E-state index in [9.17, 15) is 4.79 Å². The molecule has 1 atom stereocenters. The molecule has 1 aliphatic carbocycles. The van der Waals surface area contributed by atoms with Crippen LogP contribution in [0.1, 0.15) is 32.6 Å². The normalized spacial score (nSPS) is 16.4. The monoisotopic (exact) mass is 350 g/mol. The van der Waals surface area contributed by atoms with Crippen molar-refractivity contribution in [3.63, 3.8) is 0 Å². The Bertz CT molecular complexity index is 667. The molecular weight excluding hydrogens is 332 g/mol. The molecule has 5 nitrogen and oxygen atoms in total. The lowest BCUT2D eigenvalue weighted by atomic mass is 10.2. The number of thioether (sulfide) groups is 1. The molecule has 0 saturated heterocycles. The molecule has 1 fully saturated rings. The summed E-state index contributed by atoms with van der Waals surface area (Å²) in [4.78, 5) is 16.6. The standard InChI is InChI=1S/C16H19ClN4OS/c1-10(15(22)18-13-4-2-3-5-13)23-16-19-14(20-21-16)11-6-8-12(17)9-7-11/h6-10,13H,2-5H2,1H3,(H,18,22)(H,19,20,21)/t10-/m1/s1. The number of H-pyrrole nitrogens is 1. The molecule has 0 radical (unpaired) electrons. The van der Waals surface area contributed by atoms with E-state index in [0.717, 1.165) is 18.4 Å². The van der Waals surface area contributed by atoms with Crippen molar-refractivity contribution in [1.82, 2.24) is 20.5 Å². The van der Waals surface area contributed by atoms with E-state index in [1.165, 1.54) is 24.6 Å². The van der Waals surface area contributed by atoms with Crippen LogP contribution in [0.4, 0.5) is 0 Å². The predicted octanol–water partition coefficient (Wildman–Crippen LogP) is 3.66. The van der Waals surface area contributed by atoms with Gasteiger partial charge < -0.3 is 5.32 Å².